The second kappa shape index (κ2) is 5.78. The zero-order valence-electron chi connectivity index (χ0n) is 11.0. The Morgan fingerprint density at radius 3 is 2.89 bits per heavy atom. The van der Waals surface area contributed by atoms with Crippen molar-refractivity contribution in [1.29, 1.82) is 5.26 Å². The molecule has 0 N–H and O–H groups in total. The van der Waals surface area contributed by atoms with Crippen LogP contribution in [0.5, 0.6) is 0 Å². The average Bonchev–Trinajstić information content (AvgIpc) is 2.46. The molecule has 1 unspecified atom stereocenters. The van der Waals surface area contributed by atoms with Gasteiger partial charge in [-0.1, -0.05) is 13.8 Å². The van der Waals surface area contributed by atoms with Crippen LogP contribution in [0.2, 0.25) is 0 Å². The van der Waals surface area contributed by atoms with Crippen LogP contribution in [-0.2, 0) is 0 Å². The molecule has 0 amide bonds. The Morgan fingerprint density at radius 2 is 2.22 bits per heavy atom. The van der Waals surface area contributed by atoms with E-state index in [1.165, 1.54) is 6.20 Å². The molecule has 0 aromatic carbocycles. The highest BCUT2D eigenvalue weighted by molar-refractivity contribution is 5.40. The number of hydrogen-bond acceptors (Lipinski definition) is 5. The summed E-state index contributed by atoms with van der Waals surface area (Å²) in [7, 11) is 0. The van der Waals surface area contributed by atoms with E-state index < -0.39 is 0 Å². The van der Waals surface area contributed by atoms with Crippen molar-refractivity contribution in [2.75, 3.05) is 31.1 Å². The predicted molar refractivity (Wildman–Crippen MR) is 70.3 cm³/mol. The number of anilines is 1. The number of nitriles is 1. The zero-order valence-corrected chi connectivity index (χ0v) is 11.0. The Labute approximate surface area is 108 Å². The number of hydrogen-bond donors (Lipinski definition) is 0. The molecule has 1 aromatic heterocycles. The number of rotatable bonds is 3. The molecule has 1 aromatic rings. The second-order valence-electron chi connectivity index (χ2n) is 4.52. The number of nitrogens with zero attached hydrogens (tertiary/aromatic N) is 5. The molecule has 5 nitrogen and oxygen atoms in total. The summed E-state index contributed by atoms with van der Waals surface area (Å²) in [6.07, 6.45) is 4.34. The number of likely N-dealkylation sites (N-methyl/N-ethyl adjacent to an activating group) is 1. The van der Waals surface area contributed by atoms with Gasteiger partial charge >= 0.3 is 0 Å². The fourth-order valence-electron chi connectivity index (χ4n) is 2.41. The van der Waals surface area contributed by atoms with Crippen LogP contribution in [-0.4, -0.2) is 47.1 Å². The van der Waals surface area contributed by atoms with Crippen molar-refractivity contribution in [3.05, 3.63) is 18.1 Å². The van der Waals surface area contributed by atoms with E-state index in [-0.39, 0.29) is 0 Å². The van der Waals surface area contributed by atoms with Gasteiger partial charge in [-0.25, -0.2) is 4.98 Å². The summed E-state index contributed by atoms with van der Waals surface area (Å²) in [6, 6.07) is 2.51. The van der Waals surface area contributed by atoms with Crippen molar-refractivity contribution in [2.45, 2.75) is 26.3 Å². The summed E-state index contributed by atoms with van der Waals surface area (Å²) in [5.41, 5.74) is 0.389. The van der Waals surface area contributed by atoms with E-state index in [4.69, 9.17) is 5.26 Å². The number of piperazine rings is 1. The van der Waals surface area contributed by atoms with Gasteiger partial charge in [0.2, 0.25) is 0 Å². The Balaban J connectivity index is 2.18. The van der Waals surface area contributed by atoms with Crippen molar-refractivity contribution in [1.82, 2.24) is 14.9 Å². The van der Waals surface area contributed by atoms with E-state index in [1.807, 2.05) is 6.07 Å². The minimum atomic E-state index is 0.389. The van der Waals surface area contributed by atoms with Crippen LogP contribution >= 0.6 is 0 Å². The molecular formula is C13H19N5. The topological polar surface area (TPSA) is 56.0 Å². The van der Waals surface area contributed by atoms with E-state index in [0.29, 0.717) is 11.7 Å². The standard InChI is InChI=1S/C13H19N5/c1-3-12-10-17(4-2)5-6-18(12)13-9-15-8-11(7-14)16-13/h8-9,12H,3-6,10H2,1-2H3. The minimum Gasteiger partial charge on any atom is -0.350 e. The van der Waals surface area contributed by atoms with Crippen molar-refractivity contribution >= 4 is 5.82 Å². The maximum absolute atomic E-state index is 8.88. The molecule has 0 bridgehead atoms. The normalized spacial score (nSPS) is 20.7. The summed E-state index contributed by atoms with van der Waals surface area (Å²) < 4.78 is 0. The zero-order chi connectivity index (χ0) is 13.0. The molecule has 0 saturated carbocycles. The quantitative estimate of drug-likeness (QED) is 0.802. The molecule has 1 fully saturated rings. The first kappa shape index (κ1) is 12.8. The average molecular weight is 245 g/mol. The molecule has 1 aliphatic heterocycles. The van der Waals surface area contributed by atoms with Crippen LogP contribution in [0.4, 0.5) is 5.82 Å². The van der Waals surface area contributed by atoms with Crippen molar-refractivity contribution < 1.29 is 0 Å². The Bertz CT molecular complexity index is 439. The van der Waals surface area contributed by atoms with Gasteiger partial charge in [-0.3, -0.25) is 9.88 Å². The highest BCUT2D eigenvalue weighted by atomic mass is 15.3. The molecule has 1 aliphatic rings. The van der Waals surface area contributed by atoms with E-state index >= 15 is 0 Å². The van der Waals surface area contributed by atoms with E-state index in [1.54, 1.807) is 6.20 Å². The van der Waals surface area contributed by atoms with Crippen LogP contribution < -0.4 is 4.90 Å². The summed E-state index contributed by atoms with van der Waals surface area (Å²) >= 11 is 0. The third-order valence-corrected chi connectivity index (χ3v) is 3.52. The van der Waals surface area contributed by atoms with Crippen LogP contribution in [0.3, 0.4) is 0 Å². The van der Waals surface area contributed by atoms with Crippen LogP contribution in [0, 0.1) is 11.3 Å². The fraction of sp³-hybridized carbons (Fsp3) is 0.615. The second-order valence-corrected chi connectivity index (χ2v) is 4.52. The van der Waals surface area contributed by atoms with Crippen molar-refractivity contribution in [2.24, 2.45) is 0 Å². The van der Waals surface area contributed by atoms with Gasteiger partial charge in [0, 0.05) is 25.7 Å². The fourth-order valence-corrected chi connectivity index (χ4v) is 2.41. The lowest BCUT2D eigenvalue weighted by Gasteiger charge is -2.41. The van der Waals surface area contributed by atoms with Gasteiger partial charge in [-0.2, -0.15) is 5.26 Å². The van der Waals surface area contributed by atoms with Crippen LogP contribution in [0.15, 0.2) is 12.4 Å². The van der Waals surface area contributed by atoms with Crippen molar-refractivity contribution in [3.8, 4) is 6.07 Å². The van der Waals surface area contributed by atoms with Crippen LogP contribution in [0.25, 0.3) is 0 Å². The molecule has 96 valence electrons. The van der Waals surface area contributed by atoms with Crippen molar-refractivity contribution in [3.63, 3.8) is 0 Å². The van der Waals surface area contributed by atoms with Gasteiger partial charge in [0.15, 0.2) is 5.69 Å². The molecule has 0 spiro atoms. The SMILES string of the molecule is CCC1CN(CC)CCN1c1cncc(C#N)n1. The first-order chi connectivity index (χ1) is 8.78. The molecule has 5 heteroatoms. The van der Waals surface area contributed by atoms with E-state index in [2.05, 4.69) is 33.6 Å². The first-order valence-corrected chi connectivity index (χ1v) is 6.49. The largest absolute Gasteiger partial charge is 0.350 e. The third-order valence-electron chi connectivity index (χ3n) is 3.52. The lowest BCUT2D eigenvalue weighted by molar-refractivity contribution is 0.229. The summed E-state index contributed by atoms with van der Waals surface area (Å²) in [6.45, 7) is 8.54. The highest BCUT2D eigenvalue weighted by Crippen LogP contribution is 2.19. The van der Waals surface area contributed by atoms with Gasteiger partial charge in [-0.05, 0) is 13.0 Å². The monoisotopic (exact) mass is 245 g/mol. The summed E-state index contributed by atoms with van der Waals surface area (Å²) in [4.78, 5) is 13.2. The first-order valence-electron chi connectivity index (χ1n) is 6.49. The molecule has 18 heavy (non-hydrogen) atoms. The summed E-state index contributed by atoms with van der Waals surface area (Å²) in [5.74, 6) is 0.830. The van der Waals surface area contributed by atoms with Crippen LogP contribution in [0.1, 0.15) is 26.0 Å². The van der Waals surface area contributed by atoms with Gasteiger partial charge < -0.3 is 4.90 Å². The maximum atomic E-state index is 8.88. The molecule has 0 radical (unpaired) electrons. The maximum Gasteiger partial charge on any atom is 0.161 e. The Kier molecular flexibility index (Phi) is 4.11. The molecule has 2 heterocycles. The molecule has 2 rings (SSSR count). The predicted octanol–water partition coefficient (Wildman–Crippen LogP) is 1.27. The smallest absolute Gasteiger partial charge is 0.161 e. The van der Waals surface area contributed by atoms with Gasteiger partial charge in [0.1, 0.15) is 11.9 Å². The Hall–Kier alpha value is -1.67. The molecule has 0 aliphatic carbocycles. The lowest BCUT2D eigenvalue weighted by Crippen LogP contribution is -2.53. The molecule has 1 atom stereocenters. The Morgan fingerprint density at radius 1 is 1.39 bits per heavy atom. The van der Waals surface area contributed by atoms with Gasteiger partial charge in [-0.15, -0.1) is 0 Å². The summed E-state index contributed by atoms with van der Waals surface area (Å²) in [5, 5.41) is 8.88. The number of aromatic nitrogens is 2. The minimum absolute atomic E-state index is 0.389. The van der Waals surface area contributed by atoms with Gasteiger partial charge in [0.25, 0.3) is 0 Å². The molecular weight excluding hydrogens is 226 g/mol. The third kappa shape index (κ3) is 2.59. The molecule has 1 saturated heterocycles. The van der Waals surface area contributed by atoms with E-state index in [0.717, 1.165) is 38.4 Å². The van der Waals surface area contributed by atoms with E-state index in [9.17, 15) is 0 Å². The highest BCUT2D eigenvalue weighted by Gasteiger charge is 2.26. The van der Waals surface area contributed by atoms with Gasteiger partial charge in [0.05, 0.1) is 12.4 Å². The lowest BCUT2D eigenvalue weighted by atomic mass is 10.1.